The summed E-state index contributed by atoms with van der Waals surface area (Å²) in [4.78, 5) is 1.18. The van der Waals surface area contributed by atoms with Gasteiger partial charge in [0.1, 0.15) is 5.75 Å². The number of methoxy groups -OCH3 is 2. The summed E-state index contributed by atoms with van der Waals surface area (Å²) in [5.41, 5.74) is 2.99. The summed E-state index contributed by atoms with van der Waals surface area (Å²) >= 11 is 8.33. The molecule has 2 unspecified atom stereocenters. The van der Waals surface area contributed by atoms with Gasteiger partial charge in [-0.25, -0.2) is 5.01 Å². The molecule has 1 aromatic heterocycles. The van der Waals surface area contributed by atoms with Crippen molar-refractivity contribution in [3.63, 3.8) is 0 Å². The highest BCUT2D eigenvalue weighted by Crippen LogP contribution is 2.49. The molecular weight excluding hydrogens is 408 g/mol. The van der Waals surface area contributed by atoms with Crippen molar-refractivity contribution in [3.05, 3.63) is 74.9 Å². The highest BCUT2D eigenvalue weighted by Gasteiger charge is 2.42. The Balaban J connectivity index is 1.63. The molecule has 0 amide bonds. The second kappa shape index (κ2) is 7.28. The molecule has 0 aliphatic carbocycles. The maximum atomic E-state index is 6.64. The van der Waals surface area contributed by atoms with Gasteiger partial charge in [-0.05, 0) is 23.6 Å². The van der Waals surface area contributed by atoms with Gasteiger partial charge in [0.15, 0.2) is 11.5 Å². The molecule has 0 N–H and O–H groups in total. The van der Waals surface area contributed by atoms with Crippen molar-refractivity contribution in [2.24, 2.45) is 5.10 Å². The smallest absolute Gasteiger partial charge is 0.215 e. The molecule has 3 aromatic rings. The minimum atomic E-state index is -0.459. The fourth-order valence-electron chi connectivity index (χ4n) is 3.89. The van der Waals surface area contributed by atoms with E-state index in [9.17, 15) is 0 Å². The van der Waals surface area contributed by atoms with Crippen molar-refractivity contribution >= 4 is 28.6 Å². The van der Waals surface area contributed by atoms with Gasteiger partial charge < -0.3 is 14.2 Å². The maximum Gasteiger partial charge on any atom is 0.215 e. The third-order valence-corrected chi connectivity index (χ3v) is 6.52. The van der Waals surface area contributed by atoms with Gasteiger partial charge in [0.2, 0.25) is 6.23 Å². The van der Waals surface area contributed by atoms with Crippen LogP contribution in [0.25, 0.3) is 0 Å². The number of nitrogens with zero attached hydrogens (tertiary/aromatic N) is 2. The van der Waals surface area contributed by atoms with E-state index in [1.807, 2.05) is 35.3 Å². The highest BCUT2D eigenvalue weighted by atomic mass is 35.5. The molecule has 0 bridgehead atoms. The van der Waals surface area contributed by atoms with E-state index >= 15 is 0 Å². The molecule has 0 fully saturated rings. The van der Waals surface area contributed by atoms with Gasteiger partial charge in [-0.1, -0.05) is 35.9 Å². The molecule has 29 heavy (non-hydrogen) atoms. The molecule has 0 spiro atoms. The van der Waals surface area contributed by atoms with Crippen LogP contribution in [0.3, 0.4) is 0 Å². The summed E-state index contributed by atoms with van der Waals surface area (Å²) in [6.07, 6.45) is 0.363. The molecule has 2 aliphatic rings. The number of halogens is 1. The second-order valence-electron chi connectivity index (χ2n) is 6.86. The molecule has 0 saturated heterocycles. The number of hydrogen-bond donors (Lipinski definition) is 0. The molecule has 2 aromatic carbocycles. The van der Waals surface area contributed by atoms with Crippen molar-refractivity contribution in [1.82, 2.24) is 5.01 Å². The van der Waals surface area contributed by atoms with E-state index in [1.54, 1.807) is 31.6 Å². The summed E-state index contributed by atoms with van der Waals surface area (Å²) in [5.74, 6) is 2.04. The second-order valence-corrected chi connectivity index (χ2v) is 8.22. The van der Waals surface area contributed by atoms with Crippen LogP contribution in [0.4, 0.5) is 0 Å². The Morgan fingerprint density at radius 1 is 1.07 bits per heavy atom. The maximum absolute atomic E-state index is 6.64. The summed E-state index contributed by atoms with van der Waals surface area (Å²) in [5, 5.41) is 9.59. The zero-order chi connectivity index (χ0) is 20.0. The third kappa shape index (κ3) is 3.03. The van der Waals surface area contributed by atoms with Gasteiger partial charge in [0.25, 0.3) is 0 Å². The van der Waals surface area contributed by atoms with Crippen molar-refractivity contribution in [1.29, 1.82) is 0 Å². The molecule has 5 rings (SSSR count). The normalized spacial score (nSPS) is 19.8. The lowest BCUT2D eigenvalue weighted by Crippen LogP contribution is -2.33. The van der Waals surface area contributed by atoms with Gasteiger partial charge >= 0.3 is 0 Å². The quantitative estimate of drug-likeness (QED) is 0.539. The lowest BCUT2D eigenvalue weighted by Gasteiger charge is -2.38. The Labute approximate surface area is 178 Å². The Morgan fingerprint density at radius 3 is 2.62 bits per heavy atom. The Morgan fingerprint density at radius 2 is 1.86 bits per heavy atom. The Hall–Kier alpha value is -2.70. The van der Waals surface area contributed by atoms with Crippen LogP contribution in [0.5, 0.6) is 17.2 Å². The molecule has 0 saturated carbocycles. The summed E-state index contributed by atoms with van der Waals surface area (Å²) in [7, 11) is 3.20. The van der Waals surface area contributed by atoms with Crippen molar-refractivity contribution < 1.29 is 14.2 Å². The molecular formula is C22H19ClN2O3S. The van der Waals surface area contributed by atoms with E-state index in [1.165, 1.54) is 4.88 Å². The predicted molar refractivity (Wildman–Crippen MR) is 114 cm³/mol. The summed E-state index contributed by atoms with van der Waals surface area (Å²) in [6.45, 7) is 0. The first kappa shape index (κ1) is 18.3. The van der Waals surface area contributed by atoms with Crippen molar-refractivity contribution in [3.8, 4) is 17.2 Å². The monoisotopic (exact) mass is 426 g/mol. The van der Waals surface area contributed by atoms with Gasteiger partial charge in [-0.3, -0.25) is 0 Å². The average Bonchev–Trinajstić information content (AvgIpc) is 3.43. The summed E-state index contributed by atoms with van der Waals surface area (Å²) in [6, 6.07) is 16.0. The standard InChI is InChI=1S/C22H19ClN2O3S/c1-26-19-10-14(15(23)11-20(19)27-2)22-25-17(13-6-3-4-7-18(13)28-22)12-16(24-25)21-8-5-9-29-21/h3-11,17,22H,12H2,1-2H3. The van der Waals surface area contributed by atoms with E-state index < -0.39 is 6.23 Å². The molecule has 2 atom stereocenters. The highest BCUT2D eigenvalue weighted by molar-refractivity contribution is 7.12. The van der Waals surface area contributed by atoms with Gasteiger partial charge in [-0.2, -0.15) is 5.10 Å². The number of rotatable bonds is 4. The third-order valence-electron chi connectivity index (χ3n) is 5.27. The van der Waals surface area contributed by atoms with Crippen LogP contribution in [0, 0.1) is 0 Å². The van der Waals surface area contributed by atoms with Crippen LogP contribution in [-0.4, -0.2) is 24.9 Å². The van der Waals surface area contributed by atoms with E-state index in [0.29, 0.717) is 16.5 Å². The average molecular weight is 427 g/mol. The molecule has 3 heterocycles. The number of fused-ring (bicyclic) bond motifs is 3. The molecule has 0 radical (unpaired) electrons. The Bertz CT molecular complexity index is 1080. The van der Waals surface area contributed by atoms with Gasteiger partial charge in [0.05, 0.1) is 35.9 Å². The van der Waals surface area contributed by atoms with E-state index in [2.05, 4.69) is 17.5 Å². The van der Waals surface area contributed by atoms with E-state index in [-0.39, 0.29) is 6.04 Å². The van der Waals surface area contributed by atoms with Crippen LogP contribution in [0.15, 0.2) is 59.0 Å². The fourth-order valence-corrected chi connectivity index (χ4v) is 4.86. The molecule has 5 nitrogen and oxygen atoms in total. The first-order valence-electron chi connectivity index (χ1n) is 9.26. The Kier molecular flexibility index (Phi) is 4.60. The van der Waals surface area contributed by atoms with Crippen molar-refractivity contribution in [2.45, 2.75) is 18.7 Å². The van der Waals surface area contributed by atoms with Crippen LogP contribution in [0.2, 0.25) is 5.02 Å². The van der Waals surface area contributed by atoms with Crippen LogP contribution < -0.4 is 14.2 Å². The molecule has 148 valence electrons. The number of hydrazone groups is 1. The number of thiophene rings is 1. The molecule has 7 heteroatoms. The van der Waals surface area contributed by atoms with Gasteiger partial charge in [0, 0.05) is 23.6 Å². The molecule has 2 aliphatic heterocycles. The summed E-state index contributed by atoms with van der Waals surface area (Å²) < 4.78 is 17.3. The van der Waals surface area contributed by atoms with Crippen LogP contribution in [0.1, 0.15) is 34.7 Å². The lowest BCUT2D eigenvalue weighted by atomic mass is 9.97. The van der Waals surface area contributed by atoms with Crippen molar-refractivity contribution in [2.75, 3.05) is 14.2 Å². The minimum absolute atomic E-state index is 0.0891. The van der Waals surface area contributed by atoms with Gasteiger partial charge in [-0.15, -0.1) is 11.3 Å². The predicted octanol–water partition coefficient (Wildman–Crippen LogP) is 5.66. The van der Waals surface area contributed by atoms with Crippen LogP contribution in [-0.2, 0) is 0 Å². The van der Waals surface area contributed by atoms with Crippen LogP contribution >= 0.6 is 22.9 Å². The first-order chi connectivity index (χ1) is 14.2. The SMILES string of the molecule is COc1cc(Cl)c(C2Oc3ccccc3C3CC(c4cccs4)=NN32)cc1OC. The number of benzene rings is 2. The van der Waals surface area contributed by atoms with E-state index in [4.69, 9.17) is 30.9 Å². The fraction of sp³-hybridized carbons (Fsp3) is 0.227. The number of ether oxygens (including phenoxy) is 3. The zero-order valence-corrected chi connectivity index (χ0v) is 17.5. The largest absolute Gasteiger partial charge is 0.493 e. The zero-order valence-electron chi connectivity index (χ0n) is 16.0. The number of para-hydroxylation sites is 1. The topological polar surface area (TPSA) is 43.3 Å². The van der Waals surface area contributed by atoms with E-state index in [0.717, 1.165) is 29.0 Å². The minimum Gasteiger partial charge on any atom is -0.493 e. The first-order valence-corrected chi connectivity index (χ1v) is 10.5. The lowest BCUT2D eigenvalue weighted by molar-refractivity contribution is -0.0191. The number of hydrogen-bond acceptors (Lipinski definition) is 6.